The van der Waals surface area contributed by atoms with Crippen LogP contribution < -0.4 is 5.73 Å². The largest absolute Gasteiger partial charge is 0.350 e. The second-order valence-corrected chi connectivity index (χ2v) is 4.37. The summed E-state index contributed by atoms with van der Waals surface area (Å²) >= 11 is 3.42. The standard InChI is InChI=1S/C9H14BrN3O2/c1-13-9(6(10)5-12-13)7(11)4-8-14-2-3-15-8/h5,7-8H,2-4,11H2,1H3. The molecule has 0 bridgehead atoms. The number of ether oxygens (including phenoxy) is 2. The molecule has 1 aliphatic heterocycles. The van der Waals surface area contributed by atoms with E-state index in [2.05, 4.69) is 21.0 Å². The number of nitrogens with zero attached hydrogens (tertiary/aromatic N) is 2. The summed E-state index contributed by atoms with van der Waals surface area (Å²) in [6.45, 7) is 1.31. The molecule has 0 aliphatic carbocycles. The quantitative estimate of drug-likeness (QED) is 0.892. The number of aryl methyl sites for hydroxylation is 1. The van der Waals surface area contributed by atoms with Crippen molar-refractivity contribution in [3.63, 3.8) is 0 Å². The van der Waals surface area contributed by atoms with Gasteiger partial charge in [-0.2, -0.15) is 5.10 Å². The number of hydrogen-bond acceptors (Lipinski definition) is 4. The Hall–Kier alpha value is -0.430. The third kappa shape index (κ3) is 2.39. The minimum atomic E-state index is -0.179. The molecule has 0 saturated carbocycles. The van der Waals surface area contributed by atoms with Crippen LogP contribution in [0, 0.1) is 0 Å². The molecule has 15 heavy (non-hydrogen) atoms. The van der Waals surface area contributed by atoms with Gasteiger partial charge in [-0.25, -0.2) is 0 Å². The van der Waals surface area contributed by atoms with E-state index in [1.807, 2.05) is 7.05 Å². The van der Waals surface area contributed by atoms with Gasteiger partial charge >= 0.3 is 0 Å². The molecule has 0 amide bonds. The number of hydrogen-bond donors (Lipinski definition) is 1. The highest BCUT2D eigenvalue weighted by Crippen LogP contribution is 2.25. The van der Waals surface area contributed by atoms with Gasteiger partial charge in [-0.1, -0.05) is 0 Å². The third-order valence-electron chi connectivity index (χ3n) is 2.43. The summed E-state index contributed by atoms with van der Waals surface area (Å²) < 4.78 is 13.4. The predicted molar refractivity (Wildman–Crippen MR) is 58.1 cm³/mol. The highest BCUT2D eigenvalue weighted by Gasteiger charge is 2.23. The van der Waals surface area contributed by atoms with Crippen molar-refractivity contribution in [2.24, 2.45) is 12.8 Å². The van der Waals surface area contributed by atoms with Gasteiger partial charge in [0, 0.05) is 13.5 Å². The monoisotopic (exact) mass is 275 g/mol. The van der Waals surface area contributed by atoms with Crippen LogP contribution in [-0.4, -0.2) is 29.3 Å². The summed E-state index contributed by atoms with van der Waals surface area (Å²) in [7, 11) is 1.87. The van der Waals surface area contributed by atoms with Crippen LogP contribution in [0.4, 0.5) is 0 Å². The summed E-state index contributed by atoms with van der Waals surface area (Å²) in [5.41, 5.74) is 7.04. The van der Waals surface area contributed by atoms with Crippen LogP contribution in [0.15, 0.2) is 10.7 Å². The molecule has 84 valence electrons. The molecule has 5 nitrogen and oxygen atoms in total. The van der Waals surface area contributed by atoms with Crippen LogP contribution in [0.5, 0.6) is 0 Å². The van der Waals surface area contributed by atoms with Crippen LogP contribution in [0.25, 0.3) is 0 Å². The molecule has 1 saturated heterocycles. The summed E-state index contributed by atoms with van der Waals surface area (Å²) in [5.74, 6) is 0. The molecule has 2 heterocycles. The molecule has 1 atom stereocenters. The molecule has 1 aromatic rings. The Kier molecular flexibility index (Phi) is 3.40. The maximum Gasteiger partial charge on any atom is 0.159 e. The lowest BCUT2D eigenvalue weighted by Gasteiger charge is -2.16. The molecule has 2 rings (SSSR count). The predicted octanol–water partition coefficient (Wildman–Crippen LogP) is 0.945. The molecule has 0 spiro atoms. The van der Waals surface area contributed by atoms with Crippen molar-refractivity contribution in [1.29, 1.82) is 0 Å². The van der Waals surface area contributed by atoms with Crippen LogP contribution >= 0.6 is 15.9 Å². The van der Waals surface area contributed by atoms with E-state index >= 15 is 0 Å². The van der Waals surface area contributed by atoms with E-state index in [4.69, 9.17) is 15.2 Å². The number of rotatable bonds is 3. The Labute approximate surface area is 96.7 Å². The molecule has 1 aliphatic rings. The van der Waals surface area contributed by atoms with Crippen molar-refractivity contribution < 1.29 is 9.47 Å². The summed E-state index contributed by atoms with van der Waals surface area (Å²) in [6, 6.07) is -0.130. The zero-order valence-electron chi connectivity index (χ0n) is 8.52. The van der Waals surface area contributed by atoms with Crippen molar-refractivity contribution in [1.82, 2.24) is 9.78 Å². The van der Waals surface area contributed by atoms with Gasteiger partial charge < -0.3 is 15.2 Å². The van der Waals surface area contributed by atoms with Gasteiger partial charge in [0.05, 0.1) is 35.6 Å². The second-order valence-electron chi connectivity index (χ2n) is 3.51. The SMILES string of the molecule is Cn1ncc(Br)c1C(N)CC1OCCO1. The van der Waals surface area contributed by atoms with Gasteiger partial charge in [0.1, 0.15) is 0 Å². The minimum Gasteiger partial charge on any atom is -0.350 e. The van der Waals surface area contributed by atoms with Gasteiger partial charge in [-0.15, -0.1) is 0 Å². The maximum atomic E-state index is 6.07. The first-order chi connectivity index (χ1) is 7.18. The fourth-order valence-electron chi connectivity index (χ4n) is 1.70. The summed E-state index contributed by atoms with van der Waals surface area (Å²) in [6.07, 6.45) is 2.21. The smallest absolute Gasteiger partial charge is 0.159 e. The molecule has 0 aromatic carbocycles. The van der Waals surface area contributed by atoms with Crippen molar-refractivity contribution >= 4 is 15.9 Å². The number of halogens is 1. The minimum absolute atomic E-state index is 0.130. The first kappa shape index (κ1) is 11.1. The normalized spacial score (nSPS) is 19.7. The van der Waals surface area contributed by atoms with Crippen molar-refractivity contribution in [2.75, 3.05) is 13.2 Å². The molecular formula is C9H14BrN3O2. The highest BCUT2D eigenvalue weighted by molar-refractivity contribution is 9.10. The van der Waals surface area contributed by atoms with Gasteiger partial charge in [-0.3, -0.25) is 4.68 Å². The van der Waals surface area contributed by atoms with E-state index in [1.54, 1.807) is 10.9 Å². The van der Waals surface area contributed by atoms with Crippen molar-refractivity contribution in [3.05, 3.63) is 16.4 Å². The lowest BCUT2D eigenvalue weighted by molar-refractivity contribution is -0.0511. The lowest BCUT2D eigenvalue weighted by atomic mass is 10.1. The molecule has 1 unspecified atom stereocenters. The van der Waals surface area contributed by atoms with E-state index in [1.165, 1.54) is 0 Å². The maximum absolute atomic E-state index is 6.07. The Balaban J connectivity index is 2.03. The number of aromatic nitrogens is 2. The number of nitrogens with two attached hydrogens (primary N) is 1. The molecule has 6 heteroatoms. The molecule has 1 fully saturated rings. The van der Waals surface area contributed by atoms with E-state index in [-0.39, 0.29) is 12.3 Å². The average molecular weight is 276 g/mol. The highest BCUT2D eigenvalue weighted by atomic mass is 79.9. The van der Waals surface area contributed by atoms with Gasteiger partial charge in [0.2, 0.25) is 0 Å². The first-order valence-corrected chi connectivity index (χ1v) is 5.64. The van der Waals surface area contributed by atoms with E-state index in [9.17, 15) is 0 Å². The summed E-state index contributed by atoms with van der Waals surface area (Å²) in [5, 5.41) is 4.12. The van der Waals surface area contributed by atoms with E-state index < -0.39 is 0 Å². The van der Waals surface area contributed by atoms with Gasteiger partial charge in [0.25, 0.3) is 0 Å². The summed E-state index contributed by atoms with van der Waals surface area (Å²) in [4.78, 5) is 0. The van der Waals surface area contributed by atoms with Crippen molar-refractivity contribution in [3.8, 4) is 0 Å². The molecule has 0 radical (unpaired) electrons. The van der Waals surface area contributed by atoms with E-state index in [0.717, 1.165) is 10.2 Å². The zero-order valence-corrected chi connectivity index (χ0v) is 10.1. The lowest BCUT2D eigenvalue weighted by Crippen LogP contribution is -2.22. The third-order valence-corrected chi connectivity index (χ3v) is 3.04. The van der Waals surface area contributed by atoms with E-state index in [0.29, 0.717) is 19.6 Å². The average Bonchev–Trinajstić information content (AvgIpc) is 2.77. The fraction of sp³-hybridized carbons (Fsp3) is 0.667. The Morgan fingerprint density at radius 3 is 2.87 bits per heavy atom. The van der Waals surface area contributed by atoms with Crippen LogP contribution in [0.2, 0.25) is 0 Å². The van der Waals surface area contributed by atoms with Crippen molar-refractivity contribution in [2.45, 2.75) is 18.8 Å². The van der Waals surface area contributed by atoms with Crippen LogP contribution in [0.1, 0.15) is 18.2 Å². The Morgan fingerprint density at radius 2 is 2.33 bits per heavy atom. The first-order valence-electron chi connectivity index (χ1n) is 4.84. The van der Waals surface area contributed by atoms with Gasteiger partial charge in [0.15, 0.2) is 6.29 Å². The van der Waals surface area contributed by atoms with Gasteiger partial charge in [-0.05, 0) is 15.9 Å². The fourth-order valence-corrected chi connectivity index (χ4v) is 2.34. The molecular weight excluding hydrogens is 262 g/mol. The molecule has 2 N–H and O–H groups in total. The second kappa shape index (κ2) is 4.61. The Bertz CT molecular complexity index is 317. The topological polar surface area (TPSA) is 62.3 Å². The Morgan fingerprint density at radius 1 is 1.67 bits per heavy atom. The van der Waals surface area contributed by atoms with Crippen LogP contribution in [0.3, 0.4) is 0 Å². The molecule has 1 aromatic heterocycles. The van der Waals surface area contributed by atoms with Crippen LogP contribution in [-0.2, 0) is 16.5 Å². The zero-order chi connectivity index (χ0) is 10.8.